The topological polar surface area (TPSA) is 59.8 Å². The summed E-state index contributed by atoms with van der Waals surface area (Å²) < 4.78 is 0. The van der Waals surface area contributed by atoms with E-state index >= 15 is 0 Å². The lowest BCUT2D eigenvalue weighted by molar-refractivity contribution is 0.0931. The first-order valence-electron chi connectivity index (χ1n) is 8.62. The van der Waals surface area contributed by atoms with Gasteiger partial charge in [-0.2, -0.15) is 26.3 Å². The van der Waals surface area contributed by atoms with Crippen molar-refractivity contribution in [3.05, 3.63) is 94.9 Å². The molecule has 0 unspecified atom stereocenters. The van der Waals surface area contributed by atoms with Crippen molar-refractivity contribution in [2.75, 3.05) is 0 Å². The van der Waals surface area contributed by atoms with E-state index in [2.05, 4.69) is 27.0 Å². The minimum absolute atomic E-state index is 0.118. The molecule has 0 fully saturated rings. The highest BCUT2D eigenvalue weighted by Crippen LogP contribution is 2.22. The van der Waals surface area contributed by atoms with Gasteiger partial charge in [-0.25, -0.2) is 0 Å². The van der Waals surface area contributed by atoms with Crippen LogP contribution in [0, 0.1) is 0 Å². The molecule has 0 aliphatic heterocycles. The minimum atomic E-state index is -0.220. The molecule has 1 atom stereocenters. The summed E-state index contributed by atoms with van der Waals surface area (Å²) in [5.74, 6) is -0.118. The Balaban J connectivity index is 1.52. The highest BCUT2D eigenvalue weighted by molar-refractivity contribution is 7.08. The molecule has 0 aliphatic carbocycles. The van der Waals surface area contributed by atoms with Gasteiger partial charge in [0.15, 0.2) is 0 Å². The molecule has 1 N–H and O–H groups in total. The predicted molar refractivity (Wildman–Crippen MR) is 106 cm³/mol. The molecule has 0 saturated heterocycles. The maximum atomic E-state index is 12.8. The van der Waals surface area contributed by atoms with Gasteiger partial charge in [0, 0.05) is 5.56 Å². The number of thiophene rings is 1. The Bertz CT molecular complexity index is 981. The van der Waals surface area contributed by atoms with Crippen LogP contribution in [0.5, 0.6) is 0 Å². The number of carbonyl (C=O) groups excluding carboxylic acids is 1. The van der Waals surface area contributed by atoms with Crippen molar-refractivity contribution in [3.8, 4) is 11.1 Å². The fourth-order valence-electron chi connectivity index (χ4n) is 2.91. The third-order valence-electron chi connectivity index (χ3n) is 4.32. The number of carbonyl (C=O) groups is 1. The molecule has 27 heavy (non-hydrogen) atoms. The molecular formula is C21H18N4OS. The van der Waals surface area contributed by atoms with E-state index in [0.717, 1.165) is 11.1 Å². The van der Waals surface area contributed by atoms with Crippen LogP contribution in [0.15, 0.2) is 83.8 Å². The molecule has 134 valence electrons. The Morgan fingerprint density at radius 3 is 2.37 bits per heavy atom. The van der Waals surface area contributed by atoms with Crippen molar-refractivity contribution in [1.82, 2.24) is 20.3 Å². The van der Waals surface area contributed by atoms with Crippen molar-refractivity contribution < 1.29 is 4.79 Å². The van der Waals surface area contributed by atoms with Crippen LogP contribution in [0.1, 0.15) is 22.0 Å². The molecule has 2 aromatic heterocycles. The maximum Gasteiger partial charge on any atom is 0.251 e. The zero-order chi connectivity index (χ0) is 18.5. The van der Waals surface area contributed by atoms with E-state index < -0.39 is 0 Å². The number of nitrogens with one attached hydrogen (secondary N) is 1. The first-order valence-corrected chi connectivity index (χ1v) is 9.56. The third-order valence-corrected chi connectivity index (χ3v) is 5.00. The van der Waals surface area contributed by atoms with Crippen LogP contribution in [0.2, 0.25) is 0 Å². The SMILES string of the molecule is O=C(N[C@H](Cn1nccn1)c1ccccc1)c1ccc(-c2ccsc2)cc1. The van der Waals surface area contributed by atoms with Gasteiger partial charge in [-0.05, 0) is 45.6 Å². The second-order valence-corrected chi connectivity index (χ2v) is 6.89. The largest absolute Gasteiger partial charge is 0.343 e. The summed E-state index contributed by atoms with van der Waals surface area (Å²) in [5.41, 5.74) is 3.91. The molecule has 0 bridgehead atoms. The van der Waals surface area contributed by atoms with Gasteiger partial charge in [0.2, 0.25) is 0 Å². The molecule has 2 aromatic carbocycles. The van der Waals surface area contributed by atoms with E-state index in [-0.39, 0.29) is 11.9 Å². The second kappa shape index (κ2) is 7.97. The standard InChI is InChI=1S/C21H18N4OS/c26-21(18-8-6-16(7-9-18)19-10-13-27-15-19)24-20(14-25-22-11-12-23-25)17-4-2-1-3-5-17/h1-13,15,20H,14H2,(H,24,26)/t20-/m1/s1. The summed E-state index contributed by atoms with van der Waals surface area (Å²) in [4.78, 5) is 14.4. The normalized spacial score (nSPS) is 11.9. The fourth-order valence-corrected chi connectivity index (χ4v) is 3.57. The summed E-state index contributed by atoms with van der Waals surface area (Å²) >= 11 is 1.66. The lowest BCUT2D eigenvalue weighted by atomic mass is 10.0. The highest BCUT2D eigenvalue weighted by Gasteiger charge is 2.17. The minimum Gasteiger partial charge on any atom is -0.343 e. The van der Waals surface area contributed by atoms with Crippen LogP contribution >= 0.6 is 11.3 Å². The Morgan fingerprint density at radius 1 is 0.963 bits per heavy atom. The first-order chi connectivity index (χ1) is 13.3. The molecule has 5 nitrogen and oxygen atoms in total. The average molecular weight is 374 g/mol. The molecule has 1 amide bonds. The van der Waals surface area contributed by atoms with E-state index in [4.69, 9.17) is 0 Å². The van der Waals surface area contributed by atoms with E-state index in [0.29, 0.717) is 12.1 Å². The molecule has 4 aromatic rings. The Labute approximate surface area is 161 Å². The fraction of sp³-hybridized carbons (Fsp3) is 0.0952. The van der Waals surface area contributed by atoms with Crippen molar-refractivity contribution in [2.24, 2.45) is 0 Å². The first kappa shape index (κ1) is 17.2. The summed E-state index contributed by atoms with van der Waals surface area (Å²) in [6.07, 6.45) is 3.26. The molecule has 4 rings (SSSR count). The van der Waals surface area contributed by atoms with Crippen molar-refractivity contribution in [3.63, 3.8) is 0 Å². The summed E-state index contributed by atoms with van der Waals surface area (Å²) in [6.45, 7) is 0.468. The van der Waals surface area contributed by atoms with Crippen LogP contribution in [0.3, 0.4) is 0 Å². The molecule has 0 saturated carbocycles. The lowest BCUT2D eigenvalue weighted by Crippen LogP contribution is -2.32. The van der Waals surface area contributed by atoms with Crippen LogP contribution in [0.25, 0.3) is 11.1 Å². The molecule has 0 radical (unpaired) electrons. The van der Waals surface area contributed by atoms with Gasteiger partial charge in [-0.3, -0.25) is 4.79 Å². The average Bonchev–Trinajstić information content (AvgIpc) is 3.42. The van der Waals surface area contributed by atoms with Gasteiger partial charge in [-0.15, -0.1) is 0 Å². The van der Waals surface area contributed by atoms with Gasteiger partial charge in [-0.1, -0.05) is 42.5 Å². The van der Waals surface area contributed by atoms with Crippen molar-refractivity contribution in [1.29, 1.82) is 0 Å². The number of aromatic nitrogens is 3. The maximum absolute atomic E-state index is 12.8. The Kier molecular flexibility index (Phi) is 5.07. The number of hydrogen-bond acceptors (Lipinski definition) is 4. The van der Waals surface area contributed by atoms with E-state index in [1.165, 1.54) is 5.56 Å². The molecule has 0 aliphatic rings. The van der Waals surface area contributed by atoms with Crippen molar-refractivity contribution in [2.45, 2.75) is 12.6 Å². The highest BCUT2D eigenvalue weighted by atomic mass is 32.1. The monoisotopic (exact) mass is 374 g/mol. The molecule has 2 heterocycles. The number of amides is 1. The summed E-state index contributed by atoms with van der Waals surface area (Å²) in [5, 5.41) is 15.6. The second-order valence-electron chi connectivity index (χ2n) is 6.11. The van der Waals surface area contributed by atoms with Crippen molar-refractivity contribution >= 4 is 17.2 Å². The smallest absolute Gasteiger partial charge is 0.251 e. The number of hydrogen-bond donors (Lipinski definition) is 1. The molecule has 0 spiro atoms. The molecule has 6 heteroatoms. The number of rotatable bonds is 6. The van der Waals surface area contributed by atoms with Gasteiger partial charge in [0.25, 0.3) is 5.91 Å². The Morgan fingerprint density at radius 2 is 1.70 bits per heavy atom. The van der Waals surface area contributed by atoms with E-state index in [1.54, 1.807) is 28.5 Å². The number of nitrogens with zero attached hydrogens (tertiary/aromatic N) is 3. The van der Waals surface area contributed by atoms with Gasteiger partial charge in [0.1, 0.15) is 0 Å². The van der Waals surface area contributed by atoms with Crippen LogP contribution < -0.4 is 5.32 Å². The zero-order valence-corrected chi connectivity index (χ0v) is 15.3. The summed E-state index contributed by atoms with van der Waals surface area (Å²) in [7, 11) is 0. The van der Waals surface area contributed by atoms with Gasteiger partial charge < -0.3 is 5.32 Å². The third kappa shape index (κ3) is 4.12. The van der Waals surface area contributed by atoms with Crippen LogP contribution in [-0.2, 0) is 6.54 Å². The van der Waals surface area contributed by atoms with E-state index in [1.807, 2.05) is 60.0 Å². The molecular weight excluding hydrogens is 356 g/mol. The van der Waals surface area contributed by atoms with E-state index in [9.17, 15) is 4.79 Å². The lowest BCUT2D eigenvalue weighted by Gasteiger charge is -2.19. The quantitative estimate of drug-likeness (QED) is 0.551. The Hall–Kier alpha value is -3.25. The van der Waals surface area contributed by atoms with Crippen LogP contribution in [0.4, 0.5) is 0 Å². The predicted octanol–water partition coefficient (Wildman–Crippen LogP) is 4.18. The zero-order valence-electron chi connectivity index (χ0n) is 14.5. The summed E-state index contributed by atoms with van der Waals surface area (Å²) in [6, 6.07) is 19.4. The van der Waals surface area contributed by atoms with Gasteiger partial charge >= 0.3 is 0 Å². The van der Waals surface area contributed by atoms with Gasteiger partial charge in [0.05, 0.1) is 25.0 Å². The van der Waals surface area contributed by atoms with Crippen LogP contribution in [-0.4, -0.2) is 20.9 Å². The number of benzene rings is 2.